The Bertz CT molecular complexity index is 437. The van der Waals surface area contributed by atoms with E-state index in [4.69, 9.17) is 9.72 Å². The van der Waals surface area contributed by atoms with Crippen LogP contribution in [0.15, 0.2) is 0 Å². The number of thiazole rings is 1. The molecule has 1 aromatic heterocycles. The number of hydrogen-bond acceptors (Lipinski definition) is 6. The van der Waals surface area contributed by atoms with Crippen molar-refractivity contribution >= 4 is 11.3 Å². The minimum absolute atomic E-state index is 0.407. The van der Waals surface area contributed by atoms with Crippen molar-refractivity contribution in [1.29, 1.82) is 0 Å². The first kappa shape index (κ1) is 16.8. The molecule has 0 spiro atoms. The lowest BCUT2D eigenvalue weighted by Gasteiger charge is -2.36. The Morgan fingerprint density at radius 1 is 1.38 bits per heavy atom. The van der Waals surface area contributed by atoms with Gasteiger partial charge in [-0.3, -0.25) is 4.90 Å². The summed E-state index contributed by atoms with van der Waals surface area (Å²) in [6.45, 7) is 8.03. The summed E-state index contributed by atoms with van der Waals surface area (Å²) >= 11 is 1.84. The second kappa shape index (κ2) is 8.19. The minimum Gasteiger partial charge on any atom is -0.378 e. The van der Waals surface area contributed by atoms with Crippen molar-refractivity contribution in [3.05, 3.63) is 15.6 Å². The third kappa shape index (κ3) is 4.47. The van der Waals surface area contributed by atoms with Crippen molar-refractivity contribution in [2.45, 2.75) is 32.5 Å². The average molecular weight is 312 g/mol. The zero-order valence-electron chi connectivity index (χ0n) is 13.7. The zero-order valence-corrected chi connectivity index (χ0v) is 14.5. The van der Waals surface area contributed by atoms with Crippen LogP contribution in [0.1, 0.15) is 35.0 Å². The van der Waals surface area contributed by atoms with Gasteiger partial charge in [-0.25, -0.2) is 4.98 Å². The van der Waals surface area contributed by atoms with Crippen molar-refractivity contribution in [1.82, 2.24) is 20.1 Å². The molecule has 1 aliphatic rings. The summed E-state index contributed by atoms with van der Waals surface area (Å²) in [5, 5.41) is 4.70. The van der Waals surface area contributed by atoms with Crippen LogP contribution < -0.4 is 5.32 Å². The number of likely N-dealkylation sites (N-methyl/N-ethyl adjacent to an activating group) is 2. The highest BCUT2D eigenvalue weighted by Gasteiger charge is 2.27. The van der Waals surface area contributed by atoms with Crippen LogP contribution >= 0.6 is 11.3 Å². The molecule has 0 aromatic carbocycles. The zero-order chi connectivity index (χ0) is 15.2. The molecule has 1 saturated heterocycles. The van der Waals surface area contributed by atoms with E-state index in [1.54, 1.807) is 7.11 Å². The van der Waals surface area contributed by atoms with Gasteiger partial charge in [-0.2, -0.15) is 0 Å². The summed E-state index contributed by atoms with van der Waals surface area (Å²) in [5.41, 5.74) is 1.10. The van der Waals surface area contributed by atoms with Crippen molar-refractivity contribution in [2.24, 2.45) is 0 Å². The molecule has 21 heavy (non-hydrogen) atoms. The van der Waals surface area contributed by atoms with Gasteiger partial charge in [-0.1, -0.05) is 6.92 Å². The summed E-state index contributed by atoms with van der Waals surface area (Å²) in [7, 11) is 6.13. The van der Waals surface area contributed by atoms with Gasteiger partial charge in [-0.05, 0) is 27.1 Å². The van der Waals surface area contributed by atoms with Crippen LogP contribution in [-0.2, 0) is 17.9 Å². The van der Waals surface area contributed by atoms with E-state index in [0.29, 0.717) is 12.6 Å². The third-order valence-corrected chi connectivity index (χ3v) is 5.12. The van der Waals surface area contributed by atoms with Gasteiger partial charge in [0, 0.05) is 38.2 Å². The minimum atomic E-state index is 0.407. The molecule has 1 N–H and O–H groups in total. The van der Waals surface area contributed by atoms with E-state index in [1.807, 2.05) is 11.3 Å². The van der Waals surface area contributed by atoms with Crippen molar-refractivity contribution in [2.75, 3.05) is 47.4 Å². The van der Waals surface area contributed by atoms with Crippen molar-refractivity contribution in [3.8, 4) is 0 Å². The lowest BCUT2D eigenvalue weighted by molar-refractivity contribution is 0.114. The van der Waals surface area contributed by atoms with Crippen molar-refractivity contribution in [3.63, 3.8) is 0 Å². The van der Waals surface area contributed by atoms with Gasteiger partial charge in [0.05, 0.1) is 18.3 Å². The van der Waals surface area contributed by atoms with Gasteiger partial charge in [-0.15, -0.1) is 11.3 Å². The van der Waals surface area contributed by atoms with Crippen LogP contribution in [0.5, 0.6) is 0 Å². The number of ether oxygens (including phenoxy) is 1. The van der Waals surface area contributed by atoms with Gasteiger partial charge in [0.15, 0.2) is 0 Å². The molecule has 1 aromatic rings. The number of nitrogens with zero attached hydrogens (tertiary/aromatic N) is 3. The molecule has 0 aliphatic carbocycles. The van der Waals surface area contributed by atoms with Gasteiger partial charge >= 0.3 is 0 Å². The number of nitrogens with one attached hydrogen (secondary N) is 1. The van der Waals surface area contributed by atoms with Gasteiger partial charge < -0.3 is 15.0 Å². The first-order valence-corrected chi connectivity index (χ1v) is 8.54. The molecule has 0 radical (unpaired) electrons. The Morgan fingerprint density at radius 2 is 2.19 bits per heavy atom. The van der Waals surface area contributed by atoms with Gasteiger partial charge in [0.1, 0.15) is 5.01 Å². The number of hydrogen-bond donors (Lipinski definition) is 1. The van der Waals surface area contributed by atoms with Crippen LogP contribution in [-0.4, -0.2) is 62.2 Å². The highest BCUT2D eigenvalue weighted by Crippen LogP contribution is 2.30. The number of piperazine rings is 1. The summed E-state index contributed by atoms with van der Waals surface area (Å²) in [6.07, 6.45) is 1.15. The maximum atomic E-state index is 5.32. The number of aromatic nitrogens is 1. The highest BCUT2D eigenvalue weighted by atomic mass is 32.1. The first-order valence-electron chi connectivity index (χ1n) is 7.72. The van der Waals surface area contributed by atoms with Crippen molar-refractivity contribution < 1.29 is 4.74 Å². The lowest BCUT2D eigenvalue weighted by Crippen LogP contribution is -2.44. The lowest BCUT2D eigenvalue weighted by atomic mass is 10.2. The molecule has 0 amide bonds. The van der Waals surface area contributed by atoms with Crippen LogP contribution in [0.2, 0.25) is 0 Å². The average Bonchev–Trinajstić information content (AvgIpc) is 2.85. The molecular weight excluding hydrogens is 284 g/mol. The predicted molar refractivity (Wildman–Crippen MR) is 87.7 cm³/mol. The fourth-order valence-corrected chi connectivity index (χ4v) is 3.78. The van der Waals surface area contributed by atoms with Gasteiger partial charge in [0.2, 0.25) is 0 Å². The Balaban J connectivity index is 2.13. The molecule has 6 heteroatoms. The van der Waals surface area contributed by atoms with E-state index in [2.05, 4.69) is 36.1 Å². The summed E-state index contributed by atoms with van der Waals surface area (Å²) < 4.78 is 5.32. The normalized spacial score (nSPS) is 21.0. The Morgan fingerprint density at radius 3 is 2.90 bits per heavy atom. The monoisotopic (exact) mass is 312 g/mol. The largest absolute Gasteiger partial charge is 0.378 e. The fraction of sp³-hybridized carbons (Fsp3) is 0.800. The smallest absolute Gasteiger partial charge is 0.112 e. The molecule has 0 saturated carbocycles. The molecule has 2 rings (SSSR count). The number of methoxy groups -OCH3 is 1. The maximum absolute atomic E-state index is 5.32. The Labute approximate surface area is 132 Å². The SMILES string of the molecule is CCCNCc1sc(C2CN(C)CCN2C)nc1COC. The van der Waals surface area contributed by atoms with E-state index in [9.17, 15) is 0 Å². The third-order valence-electron chi connectivity index (χ3n) is 3.92. The first-order chi connectivity index (χ1) is 10.2. The number of rotatable bonds is 7. The van der Waals surface area contributed by atoms with Crippen LogP contribution in [0, 0.1) is 0 Å². The standard InChI is InChI=1S/C15H28N4OS/c1-5-6-16-9-14-12(11-20-4)17-15(21-14)13-10-18(2)7-8-19(13)3/h13,16H,5-11H2,1-4H3. The summed E-state index contributed by atoms with van der Waals surface area (Å²) in [6, 6.07) is 0.407. The Hall–Kier alpha value is -0.530. The predicted octanol–water partition coefficient (Wildman–Crippen LogP) is 1.71. The maximum Gasteiger partial charge on any atom is 0.112 e. The van der Waals surface area contributed by atoms with E-state index < -0.39 is 0 Å². The second-order valence-corrected chi connectivity index (χ2v) is 6.91. The second-order valence-electron chi connectivity index (χ2n) is 5.79. The van der Waals surface area contributed by atoms with Crippen LogP contribution in [0.25, 0.3) is 0 Å². The van der Waals surface area contributed by atoms with Gasteiger partial charge in [0.25, 0.3) is 0 Å². The van der Waals surface area contributed by atoms with E-state index in [-0.39, 0.29) is 0 Å². The molecule has 5 nitrogen and oxygen atoms in total. The highest BCUT2D eigenvalue weighted by molar-refractivity contribution is 7.11. The molecule has 2 heterocycles. The quantitative estimate of drug-likeness (QED) is 0.776. The van der Waals surface area contributed by atoms with E-state index in [1.165, 1.54) is 9.88 Å². The van der Waals surface area contributed by atoms with E-state index >= 15 is 0 Å². The molecule has 0 bridgehead atoms. The topological polar surface area (TPSA) is 40.6 Å². The Kier molecular flexibility index (Phi) is 6.57. The van der Waals surface area contributed by atoms with E-state index in [0.717, 1.165) is 44.8 Å². The molecule has 1 atom stereocenters. The molecular formula is C15H28N4OS. The molecule has 1 unspecified atom stereocenters. The van der Waals surface area contributed by atoms with Crippen LogP contribution in [0.4, 0.5) is 0 Å². The molecule has 1 aliphatic heterocycles. The van der Waals surface area contributed by atoms with Crippen LogP contribution in [0.3, 0.4) is 0 Å². The summed E-state index contributed by atoms with van der Waals surface area (Å²) in [4.78, 5) is 11.0. The molecule has 1 fully saturated rings. The summed E-state index contributed by atoms with van der Waals surface area (Å²) in [5.74, 6) is 0. The molecule has 120 valence electrons. The fourth-order valence-electron chi connectivity index (χ4n) is 2.59.